The van der Waals surface area contributed by atoms with E-state index in [1.54, 1.807) is 16.9 Å². The van der Waals surface area contributed by atoms with Crippen LogP contribution in [0.15, 0.2) is 24.3 Å². The van der Waals surface area contributed by atoms with Gasteiger partial charge in [0.25, 0.3) is 5.91 Å². The number of carbonyl (C=O) groups excluding carboxylic acids is 1. The van der Waals surface area contributed by atoms with Gasteiger partial charge in [-0.15, -0.1) is 0 Å². The highest BCUT2D eigenvalue weighted by molar-refractivity contribution is 7.92. The quantitative estimate of drug-likeness (QED) is 0.171. The van der Waals surface area contributed by atoms with Gasteiger partial charge in [0.05, 0.1) is 7.11 Å². The molecular weight excluding hydrogens is 448 g/mol. The summed E-state index contributed by atoms with van der Waals surface area (Å²) in [6, 6.07) is 6.74. The largest absolute Gasteiger partial charge is 0.496 e. The minimum absolute atomic E-state index is 0.131. The fourth-order valence-corrected chi connectivity index (χ4v) is 4.48. The number of methoxy groups -OCH3 is 1. The Hall–Kier alpha value is -2.66. The van der Waals surface area contributed by atoms with E-state index in [-0.39, 0.29) is 12.7 Å². The van der Waals surface area contributed by atoms with Crippen molar-refractivity contribution in [2.75, 3.05) is 13.9 Å². The van der Waals surface area contributed by atoms with Gasteiger partial charge in [-0.25, -0.2) is 9.79 Å². The van der Waals surface area contributed by atoms with Crippen LogP contribution in [-0.2, 0) is 15.7 Å². The molecule has 0 radical (unpaired) electrons. The lowest BCUT2D eigenvalue weighted by molar-refractivity contribution is -0.135. The molecule has 0 spiro atoms. The van der Waals surface area contributed by atoms with Crippen LogP contribution in [0.5, 0.6) is 23.0 Å². The molecule has 1 aliphatic heterocycles. The Balaban J connectivity index is 1.80. The van der Waals surface area contributed by atoms with E-state index in [1.165, 1.54) is 0 Å². The van der Waals surface area contributed by atoms with Crippen LogP contribution >= 0.6 is 12.2 Å². The maximum atomic E-state index is 12.5. The second-order valence-electron chi connectivity index (χ2n) is 8.13. The molecule has 3 rings (SSSR count). The van der Waals surface area contributed by atoms with Crippen LogP contribution in [0, 0.1) is 26.7 Å². The first-order valence-corrected chi connectivity index (χ1v) is 11.2. The van der Waals surface area contributed by atoms with Crippen molar-refractivity contribution in [2.24, 2.45) is 5.92 Å². The van der Waals surface area contributed by atoms with Gasteiger partial charge in [-0.3, -0.25) is 10.0 Å². The third kappa shape index (κ3) is 5.64. The number of amides is 1. The summed E-state index contributed by atoms with van der Waals surface area (Å²) in [5.74, 6) is 1.99. The molecule has 0 aliphatic carbocycles. The molecule has 9 nitrogen and oxygen atoms in total. The highest BCUT2D eigenvalue weighted by Gasteiger charge is 2.31. The van der Waals surface area contributed by atoms with Crippen LogP contribution in [-0.4, -0.2) is 35.4 Å². The van der Waals surface area contributed by atoms with Crippen molar-refractivity contribution < 1.29 is 33.4 Å². The molecule has 0 bridgehead atoms. The number of fused-ring (bicyclic) bond motifs is 1. The molecule has 1 amide bonds. The van der Waals surface area contributed by atoms with Crippen molar-refractivity contribution in [3.63, 3.8) is 0 Å². The van der Waals surface area contributed by atoms with Gasteiger partial charge < -0.3 is 19.1 Å². The Kier molecular flexibility index (Phi) is 8.30. The molecule has 0 aromatic heterocycles. The lowest BCUT2D eigenvalue weighted by atomic mass is 10.0. The fraction of sp³-hybridized carbons (Fsp3) is 0.435. The summed E-state index contributed by atoms with van der Waals surface area (Å²) >= 11 is 0.894. The second kappa shape index (κ2) is 11.0. The van der Waals surface area contributed by atoms with Gasteiger partial charge in [-0.05, 0) is 61.6 Å². The number of nitrogens with one attached hydrogen (secondary N) is 1. The Morgan fingerprint density at radius 2 is 1.91 bits per heavy atom. The van der Waals surface area contributed by atoms with E-state index < -0.39 is 11.9 Å². The van der Waals surface area contributed by atoms with Crippen LogP contribution < -0.4 is 24.6 Å². The SMILES string of the molecule is COc1cc(C)c(OOSN(Cc2ccc3c(c2)OCO3)[C@@H](C(=O)NO)C(C)C)c(C)c1C. The molecule has 0 fully saturated rings. The molecular formula is C23H30N2O7S. The van der Waals surface area contributed by atoms with Gasteiger partial charge in [-0.1, -0.05) is 24.2 Å². The topological polar surface area (TPSA) is 98.7 Å². The van der Waals surface area contributed by atoms with Crippen molar-refractivity contribution in [3.8, 4) is 23.0 Å². The third-order valence-corrected chi connectivity index (χ3v) is 6.21. The van der Waals surface area contributed by atoms with Crippen LogP contribution in [0.25, 0.3) is 0 Å². The zero-order valence-corrected chi connectivity index (χ0v) is 20.4. The third-order valence-electron chi connectivity index (χ3n) is 5.54. The summed E-state index contributed by atoms with van der Waals surface area (Å²) < 4.78 is 23.5. The zero-order valence-electron chi connectivity index (χ0n) is 19.6. The minimum atomic E-state index is -0.700. The van der Waals surface area contributed by atoms with Gasteiger partial charge in [-0.2, -0.15) is 0 Å². The number of hydroxylamine groups is 1. The van der Waals surface area contributed by atoms with Crippen molar-refractivity contribution in [3.05, 3.63) is 46.5 Å². The first-order chi connectivity index (χ1) is 15.8. The molecule has 2 aromatic carbocycles. The average molecular weight is 479 g/mol. The molecule has 33 heavy (non-hydrogen) atoms. The summed E-state index contributed by atoms with van der Waals surface area (Å²) in [5.41, 5.74) is 5.32. The lowest BCUT2D eigenvalue weighted by Crippen LogP contribution is -2.46. The van der Waals surface area contributed by atoms with Crippen LogP contribution in [0.2, 0.25) is 0 Å². The van der Waals surface area contributed by atoms with Crippen LogP contribution in [0.4, 0.5) is 0 Å². The van der Waals surface area contributed by atoms with Gasteiger partial charge >= 0.3 is 0 Å². The lowest BCUT2D eigenvalue weighted by Gasteiger charge is -2.30. The highest BCUT2D eigenvalue weighted by atomic mass is 32.2. The number of rotatable bonds is 10. The van der Waals surface area contributed by atoms with Gasteiger partial charge in [0.2, 0.25) is 6.79 Å². The molecule has 180 valence electrons. The Morgan fingerprint density at radius 3 is 2.58 bits per heavy atom. The smallest absolute Gasteiger partial charge is 0.261 e. The van der Waals surface area contributed by atoms with Crippen LogP contribution in [0.1, 0.15) is 36.1 Å². The van der Waals surface area contributed by atoms with Crippen molar-refractivity contribution in [2.45, 2.75) is 47.2 Å². The number of hydrogen-bond acceptors (Lipinski definition) is 9. The fourth-order valence-electron chi connectivity index (χ4n) is 3.67. The number of nitrogens with zero attached hydrogens (tertiary/aromatic N) is 1. The molecule has 0 saturated heterocycles. The number of carbonyl (C=O) groups is 1. The van der Waals surface area contributed by atoms with E-state index in [2.05, 4.69) is 0 Å². The van der Waals surface area contributed by atoms with E-state index >= 15 is 0 Å². The monoisotopic (exact) mass is 478 g/mol. The van der Waals surface area contributed by atoms with E-state index in [0.29, 0.717) is 23.8 Å². The Labute approximate surface area is 198 Å². The van der Waals surface area contributed by atoms with Gasteiger partial charge in [0, 0.05) is 12.1 Å². The number of hydrogen-bond donors (Lipinski definition) is 2. The maximum Gasteiger partial charge on any atom is 0.261 e. The summed E-state index contributed by atoms with van der Waals surface area (Å²) in [6.45, 7) is 10.0. The predicted molar refractivity (Wildman–Crippen MR) is 123 cm³/mol. The first kappa shape index (κ1) is 25.0. The first-order valence-electron chi connectivity index (χ1n) is 10.5. The molecule has 2 N–H and O–H groups in total. The molecule has 10 heteroatoms. The number of aryl methyl sites for hydroxylation is 1. The van der Waals surface area contributed by atoms with Crippen molar-refractivity contribution in [1.82, 2.24) is 9.79 Å². The Bertz CT molecular complexity index is 999. The summed E-state index contributed by atoms with van der Waals surface area (Å²) in [7, 11) is 1.63. The second-order valence-corrected chi connectivity index (χ2v) is 8.88. The average Bonchev–Trinajstić information content (AvgIpc) is 3.25. The maximum absolute atomic E-state index is 12.5. The van der Waals surface area contributed by atoms with E-state index in [9.17, 15) is 10.0 Å². The molecule has 2 aromatic rings. The van der Waals surface area contributed by atoms with Crippen molar-refractivity contribution in [1.29, 1.82) is 0 Å². The summed E-state index contributed by atoms with van der Waals surface area (Å²) in [6.07, 6.45) is 0. The highest BCUT2D eigenvalue weighted by Crippen LogP contribution is 2.36. The summed E-state index contributed by atoms with van der Waals surface area (Å²) in [5, 5.41) is 9.30. The zero-order chi connectivity index (χ0) is 24.1. The number of ether oxygens (including phenoxy) is 3. The molecule has 1 aliphatic rings. The summed E-state index contributed by atoms with van der Waals surface area (Å²) in [4.78, 5) is 18.1. The van der Waals surface area contributed by atoms with Crippen molar-refractivity contribution >= 4 is 18.1 Å². The molecule has 1 atom stereocenters. The van der Waals surface area contributed by atoms with E-state index in [4.69, 9.17) is 23.4 Å². The standard InChI is InChI=1S/C23H30N2O7S/c1-13(2)21(23(26)24-27)25(11-17-7-8-18-20(10-17)30-12-29-18)33-32-31-22-14(3)9-19(28-6)15(4)16(22)5/h7-10,13,21,27H,11-12H2,1-6H3,(H,24,26)/t21-/m1/s1. The van der Waals surface area contributed by atoms with E-state index in [0.717, 1.165) is 40.2 Å². The predicted octanol–water partition coefficient (Wildman–Crippen LogP) is 4.25. The van der Waals surface area contributed by atoms with Gasteiger partial charge in [0.1, 0.15) is 24.0 Å². The number of benzene rings is 2. The van der Waals surface area contributed by atoms with Crippen LogP contribution in [0.3, 0.4) is 0 Å². The normalized spacial score (nSPS) is 13.4. The Morgan fingerprint density at radius 1 is 1.18 bits per heavy atom. The molecule has 0 unspecified atom stereocenters. The molecule has 0 saturated carbocycles. The minimum Gasteiger partial charge on any atom is -0.496 e. The van der Waals surface area contributed by atoms with Gasteiger partial charge in [0.15, 0.2) is 17.2 Å². The molecule has 1 heterocycles. The van der Waals surface area contributed by atoms with E-state index in [1.807, 2.05) is 58.9 Å².